The van der Waals surface area contributed by atoms with Gasteiger partial charge in [0.15, 0.2) is 0 Å². The number of rotatable bonds is 12. The first kappa shape index (κ1) is 70.1. The van der Waals surface area contributed by atoms with Gasteiger partial charge in [0.05, 0.1) is 26.2 Å². The maximum absolute atomic E-state index is 10.6. The predicted molar refractivity (Wildman–Crippen MR) is 163 cm³/mol. The third-order valence-corrected chi connectivity index (χ3v) is 2.33. The molecule has 0 amide bonds. The molecular formula is C20H44N4Na4O16. The molecule has 24 heteroatoms. The molecular weight excluding hydrogens is 644 g/mol. The van der Waals surface area contributed by atoms with E-state index in [9.17, 15) is 19.2 Å². The summed E-state index contributed by atoms with van der Waals surface area (Å²) >= 11 is 0. The number of aliphatic carboxylic acids is 8. The number of nitrogens with zero attached hydrogens (tertiary/aromatic N) is 2. The van der Waals surface area contributed by atoms with Crippen LogP contribution in [-0.4, -0.2) is 269 Å². The first-order valence-electron chi connectivity index (χ1n) is 10.5. The van der Waals surface area contributed by atoms with Crippen LogP contribution in [-0.2, 0) is 38.4 Å². The monoisotopic (exact) mass is 688 g/mol. The van der Waals surface area contributed by atoms with Crippen LogP contribution in [0.3, 0.4) is 0 Å². The van der Waals surface area contributed by atoms with Crippen LogP contribution in [0, 0.1) is 0 Å². The summed E-state index contributed by atoms with van der Waals surface area (Å²) in [7, 11) is 0. The van der Waals surface area contributed by atoms with Crippen molar-refractivity contribution in [3.63, 3.8) is 0 Å². The molecule has 0 heterocycles. The van der Waals surface area contributed by atoms with Crippen LogP contribution in [0.5, 0.6) is 0 Å². The van der Waals surface area contributed by atoms with Crippen LogP contribution in [0.4, 0.5) is 0 Å². The molecule has 20 nitrogen and oxygen atoms in total. The molecule has 44 heavy (non-hydrogen) atoms. The fourth-order valence-electron chi connectivity index (χ4n) is 1.48. The van der Waals surface area contributed by atoms with Crippen molar-refractivity contribution in [1.82, 2.24) is 9.80 Å². The summed E-state index contributed by atoms with van der Waals surface area (Å²) in [5, 5.41) is 64.1. The number of nitrogens with two attached hydrogens (primary N) is 2. The quantitative estimate of drug-likeness (QED) is 0.0855. The Kier molecular flexibility index (Phi) is 83.1. The van der Waals surface area contributed by atoms with Gasteiger partial charge in [-0.3, -0.25) is 48.2 Å². The zero-order chi connectivity index (χ0) is 33.4. The molecule has 0 atom stereocenters. The maximum atomic E-state index is 10.6. The van der Waals surface area contributed by atoms with Crippen LogP contribution in [0.1, 0.15) is 27.7 Å². The van der Waals surface area contributed by atoms with Crippen molar-refractivity contribution in [2.24, 2.45) is 11.5 Å². The Morgan fingerprint density at radius 2 is 0.523 bits per heavy atom. The van der Waals surface area contributed by atoms with Gasteiger partial charge in [0, 0.05) is 53.9 Å². The molecule has 244 valence electrons. The normalized spacial score (nSPS) is 7.82. The molecule has 0 saturated carbocycles. The number of carbonyl (C=O) groups is 8. The third kappa shape index (κ3) is 147. The van der Waals surface area contributed by atoms with E-state index in [4.69, 9.17) is 71.5 Å². The third-order valence-electron chi connectivity index (χ3n) is 2.33. The van der Waals surface area contributed by atoms with Crippen molar-refractivity contribution < 1.29 is 79.2 Å². The molecule has 0 fully saturated rings. The van der Waals surface area contributed by atoms with Crippen LogP contribution < -0.4 is 11.5 Å². The van der Waals surface area contributed by atoms with Crippen molar-refractivity contribution in [3.05, 3.63) is 0 Å². The SMILES string of the molecule is CC(=O)O.CC(=O)O.CC(=O)O.CC(=O)O.NCCN.O=C(O)CN(CCN(CC(=O)O)CC(=O)O)CC(=O)O.[NaH].[NaH].[NaH].[NaH]. The standard InChI is InChI=1S/C10H16N2O8.C2H8N2.4C2H4O2.4Na.4H/c13-7(14)3-11(4-8(15)16)1-2-12(5-9(17)18)6-10(19)20;3-1-2-4;4*1-2(3)4;;;;;;;;/h1-6H2,(H,13,14)(H,15,16)(H,17,18)(H,19,20);1-4H2;4*1H3,(H,3,4);;;;;;;;. The van der Waals surface area contributed by atoms with E-state index < -0.39 is 73.9 Å². The van der Waals surface area contributed by atoms with Crippen LogP contribution in [0.2, 0.25) is 0 Å². The predicted octanol–water partition coefficient (Wildman–Crippen LogP) is -5.40. The molecule has 12 N–H and O–H groups in total. The summed E-state index contributed by atoms with van der Waals surface area (Å²) in [6.07, 6.45) is 0. The molecule has 0 saturated heterocycles. The minimum absolute atomic E-state index is 0. The van der Waals surface area contributed by atoms with E-state index in [0.29, 0.717) is 13.1 Å². The number of hydrogen-bond acceptors (Lipinski definition) is 12. The first-order chi connectivity index (χ1) is 18.0. The van der Waals surface area contributed by atoms with Crippen molar-refractivity contribution in [2.75, 3.05) is 52.4 Å². The summed E-state index contributed by atoms with van der Waals surface area (Å²) < 4.78 is 0. The van der Waals surface area contributed by atoms with Crippen LogP contribution in [0.15, 0.2) is 0 Å². The average Bonchev–Trinajstić information content (AvgIpc) is 2.68. The molecule has 0 radical (unpaired) electrons. The Bertz CT molecular complexity index is 646. The molecule has 0 aliphatic carbocycles. The van der Waals surface area contributed by atoms with Gasteiger partial charge in [0.25, 0.3) is 23.9 Å². The van der Waals surface area contributed by atoms with Crippen LogP contribution >= 0.6 is 0 Å². The second-order valence-corrected chi connectivity index (χ2v) is 6.65. The molecule has 0 bridgehead atoms. The van der Waals surface area contributed by atoms with Crippen molar-refractivity contribution in [1.29, 1.82) is 0 Å². The van der Waals surface area contributed by atoms with E-state index in [1.54, 1.807) is 0 Å². The van der Waals surface area contributed by atoms with Gasteiger partial charge < -0.3 is 52.3 Å². The van der Waals surface area contributed by atoms with Gasteiger partial charge in [-0.15, -0.1) is 0 Å². The fourth-order valence-corrected chi connectivity index (χ4v) is 1.48. The van der Waals surface area contributed by atoms with Gasteiger partial charge in [0.2, 0.25) is 0 Å². The van der Waals surface area contributed by atoms with E-state index in [-0.39, 0.29) is 131 Å². The van der Waals surface area contributed by atoms with E-state index in [1.807, 2.05) is 0 Å². The summed E-state index contributed by atoms with van der Waals surface area (Å²) in [6, 6.07) is 0. The van der Waals surface area contributed by atoms with Gasteiger partial charge >= 0.3 is 142 Å². The van der Waals surface area contributed by atoms with Gasteiger partial charge in [0.1, 0.15) is 0 Å². The Morgan fingerprint density at radius 1 is 0.409 bits per heavy atom. The average molecular weight is 689 g/mol. The van der Waals surface area contributed by atoms with Crippen molar-refractivity contribution >= 4 is 166 Å². The van der Waals surface area contributed by atoms with Gasteiger partial charge in [-0.25, -0.2) is 0 Å². The Labute approximate surface area is 342 Å². The minimum atomic E-state index is -1.23. The molecule has 0 aromatic heterocycles. The number of carboxylic acids is 8. The summed E-state index contributed by atoms with van der Waals surface area (Å²) in [5.41, 5.74) is 9.81. The zero-order valence-electron chi connectivity index (χ0n) is 22.5. The summed E-state index contributed by atoms with van der Waals surface area (Å²) in [6.45, 7) is 3.28. The van der Waals surface area contributed by atoms with Gasteiger partial charge in [-0.2, -0.15) is 0 Å². The van der Waals surface area contributed by atoms with Gasteiger partial charge in [-0.05, 0) is 0 Å². The second-order valence-electron chi connectivity index (χ2n) is 6.65. The van der Waals surface area contributed by atoms with Crippen molar-refractivity contribution in [2.45, 2.75) is 27.7 Å². The number of hydrogen-bond donors (Lipinski definition) is 10. The topological polar surface area (TPSA) is 357 Å². The molecule has 0 aliphatic rings. The Morgan fingerprint density at radius 3 is 0.591 bits per heavy atom. The van der Waals surface area contributed by atoms with Crippen LogP contribution in [0.25, 0.3) is 0 Å². The number of carboxylic acid groups (broad SMARTS) is 8. The Balaban J connectivity index is -0.0000000496. The van der Waals surface area contributed by atoms with E-state index in [1.165, 1.54) is 0 Å². The molecule has 0 aliphatic heterocycles. The first-order valence-corrected chi connectivity index (χ1v) is 10.5. The molecule has 0 aromatic carbocycles. The van der Waals surface area contributed by atoms with E-state index in [2.05, 4.69) is 0 Å². The van der Waals surface area contributed by atoms with Crippen molar-refractivity contribution in [3.8, 4) is 0 Å². The molecule has 0 unspecified atom stereocenters. The Hall–Kier alpha value is -0.400. The van der Waals surface area contributed by atoms with E-state index >= 15 is 0 Å². The molecule has 0 rings (SSSR count). The van der Waals surface area contributed by atoms with E-state index in [0.717, 1.165) is 37.5 Å². The molecule has 0 aromatic rings. The zero-order valence-corrected chi connectivity index (χ0v) is 22.5. The summed E-state index contributed by atoms with van der Waals surface area (Å²) in [5.74, 6) is -8.24. The van der Waals surface area contributed by atoms with Gasteiger partial charge in [-0.1, -0.05) is 0 Å². The second kappa shape index (κ2) is 52.1. The molecule has 0 spiro atoms. The summed E-state index contributed by atoms with van der Waals surface area (Å²) in [4.78, 5) is 80.4. The fraction of sp³-hybridized carbons (Fsp3) is 0.600.